The lowest BCUT2D eigenvalue weighted by Crippen LogP contribution is -2.38. The van der Waals surface area contributed by atoms with Crippen molar-refractivity contribution in [2.24, 2.45) is 0 Å². The second kappa shape index (κ2) is 8.80. The van der Waals surface area contributed by atoms with E-state index in [1.54, 1.807) is 19.1 Å². The van der Waals surface area contributed by atoms with Gasteiger partial charge in [0, 0.05) is 18.2 Å². The predicted octanol–water partition coefficient (Wildman–Crippen LogP) is 2.81. The topological polar surface area (TPSA) is 70.6 Å². The van der Waals surface area contributed by atoms with E-state index in [0.717, 1.165) is 6.42 Å². The number of aliphatic hydroxyl groups excluding tert-OH is 1. The van der Waals surface area contributed by atoms with Gasteiger partial charge in [-0.05, 0) is 24.6 Å². The van der Waals surface area contributed by atoms with Gasteiger partial charge in [0.2, 0.25) is 0 Å². The molecule has 0 bridgehead atoms. The molecule has 2 rings (SSSR count). The number of nitrogens with one attached hydrogen (secondary N) is 2. The monoisotopic (exact) mass is 314 g/mol. The zero-order valence-electron chi connectivity index (χ0n) is 13.2. The minimum absolute atomic E-state index is 0.101. The Balaban J connectivity index is 1.83. The van der Waals surface area contributed by atoms with Crippen molar-refractivity contribution in [1.29, 1.82) is 0 Å². The summed E-state index contributed by atoms with van der Waals surface area (Å²) >= 11 is 0. The number of carbonyl (C=O) groups is 1. The van der Waals surface area contributed by atoms with E-state index in [9.17, 15) is 4.79 Å². The number of amides is 2. The third-order valence-corrected chi connectivity index (χ3v) is 3.25. The smallest absolute Gasteiger partial charge is 0.319 e. The van der Waals surface area contributed by atoms with E-state index in [-0.39, 0.29) is 18.7 Å². The van der Waals surface area contributed by atoms with E-state index in [0.29, 0.717) is 18.0 Å². The molecule has 0 aromatic heterocycles. The number of hydrogen-bond donors (Lipinski definition) is 3. The fourth-order valence-electron chi connectivity index (χ4n) is 2.03. The molecule has 0 aliphatic heterocycles. The molecule has 0 fully saturated rings. The zero-order valence-corrected chi connectivity index (χ0v) is 13.2. The Bertz CT molecular complexity index is 617. The molecule has 0 heterocycles. The van der Waals surface area contributed by atoms with Gasteiger partial charge in [0.05, 0.1) is 19.3 Å². The molecule has 2 aromatic rings. The number of carbonyl (C=O) groups excluding carboxylic acids is 1. The predicted molar refractivity (Wildman–Crippen MR) is 90.8 cm³/mol. The van der Waals surface area contributed by atoms with Gasteiger partial charge in [-0.25, -0.2) is 4.79 Å². The van der Waals surface area contributed by atoms with Gasteiger partial charge in [-0.2, -0.15) is 0 Å². The van der Waals surface area contributed by atoms with E-state index in [2.05, 4.69) is 22.8 Å². The zero-order chi connectivity index (χ0) is 16.5. The first-order valence-electron chi connectivity index (χ1n) is 7.62. The highest BCUT2D eigenvalue weighted by Gasteiger charge is 2.06. The van der Waals surface area contributed by atoms with Crippen LogP contribution in [-0.2, 0) is 6.42 Å². The van der Waals surface area contributed by atoms with Crippen LogP contribution in [-0.4, -0.2) is 30.4 Å². The van der Waals surface area contributed by atoms with Gasteiger partial charge in [-0.1, -0.05) is 36.4 Å². The van der Waals surface area contributed by atoms with Crippen molar-refractivity contribution >= 4 is 11.7 Å². The normalized spacial score (nSPS) is 11.6. The molecule has 5 nitrogen and oxygen atoms in total. The van der Waals surface area contributed by atoms with Crippen molar-refractivity contribution in [3.63, 3.8) is 0 Å². The van der Waals surface area contributed by atoms with Crippen LogP contribution in [0.5, 0.6) is 5.75 Å². The quantitative estimate of drug-likeness (QED) is 0.736. The third-order valence-electron chi connectivity index (χ3n) is 3.25. The van der Waals surface area contributed by atoms with Crippen molar-refractivity contribution in [1.82, 2.24) is 5.32 Å². The van der Waals surface area contributed by atoms with E-state index in [4.69, 9.17) is 9.84 Å². The summed E-state index contributed by atoms with van der Waals surface area (Å²) in [7, 11) is 0. The second-order valence-electron chi connectivity index (χ2n) is 5.29. The van der Waals surface area contributed by atoms with Gasteiger partial charge < -0.3 is 20.5 Å². The SMILES string of the molecule is C[C@@H](CO)NC(=O)Nc1cccc(OCCc2ccccc2)c1. The van der Waals surface area contributed by atoms with Crippen LogP contribution in [0.15, 0.2) is 54.6 Å². The Labute approximate surface area is 136 Å². The van der Waals surface area contributed by atoms with Crippen molar-refractivity contribution in [3.05, 3.63) is 60.2 Å². The molecule has 23 heavy (non-hydrogen) atoms. The molecule has 2 amide bonds. The molecule has 2 aromatic carbocycles. The minimum atomic E-state index is -0.354. The molecule has 5 heteroatoms. The summed E-state index contributed by atoms with van der Waals surface area (Å²) in [5, 5.41) is 14.3. The molecule has 0 spiro atoms. The summed E-state index contributed by atoms with van der Waals surface area (Å²) in [6.45, 7) is 2.19. The average Bonchev–Trinajstić information content (AvgIpc) is 2.56. The Kier molecular flexibility index (Phi) is 6.44. The molecule has 0 saturated heterocycles. The number of urea groups is 1. The summed E-state index contributed by atoms with van der Waals surface area (Å²) in [5.41, 5.74) is 1.86. The largest absolute Gasteiger partial charge is 0.493 e. The van der Waals surface area contributed by atoms with Gasteiger partial charge in [-0.3, -0.25) is 0 Å². The molecule has 0 saturated carbocycles. The Hall–Kier alpha value is -2.53. The summed E-state index contributed by atoms with van der Waals surface area (Å²) in [6, 6.07) is 16.7. The number of aliphatic hydroxyl groups is 1. The van der Waals surface area contributed by atoms with Crippen molar-refractivity contribution < 1.29 is 14.6 Å². The first kappa shape index (κ1) is 16.8. The van der Waals surface area contributed by atoms with E-state index in [1.807, 2.05) is 30.3 Å². The molecule has 0 aliphatic carbocycles. The summed E-state index contributed by atoms with van der Waals surface area (Å²) < 4.78 is 5.72. The Morgan fingerprint density at radius 1 is 1.17 bits per heavy atom. The Morgan fingerprint density at radius 2 is 1.96 bits per heavy atom. The number of rotatable bonds is 7. The van der Waals surface area contributed by atoms with Crippen LogP contribution in [0.2, 0.25) is 0 Å². The van der Waals surface area contributed by atoms with Crippen LogP contribution in [0.3, 0.4) is 0 Å². The summed E-state index contributed by atoms with van der Waals surface area (Å²) in [6.07, 6.45) is 0.826. The lowest BCUT2D eigenvalue weighted by molar-refractivity contribution is 0.229. The molecule has 122 valence electrons. The van der Waals surface area contributed by atoms with E-state index >= 15 is 0 Å². The van der Waals surface area contributed by atoms with Gasteiger partial charge in [0.15, 0.2) is 0 Å². The van der Waals surface area contributed by atoms with Crippen molar-refractivity contribution in [2.45, 2.75) is 19.4 Å². The maximum Gasteiger partial charge on any atom is 0.319 e. The summed E-state index contributed by atoms with van der Waals surface area (Å²) in [5.74, 6) is 0.703. The highest BCUT2D eigenvalue weighted by molar-refractivity contribution is 5.89. The molecular weight excluding hydrogens is 292 g/mol. The van der Waals surface area contributed by atoms with E-state index < -0.39 is 0 Å². The lowest BCUT2D eigenvalue weighted by Gasteiger charge is -2.13. The lowest BCUT2D eigenvalue weighted by atomic mass is 10.2. The maximum atomic E-state index is 11.7. The van der Waals surface area contributed by atoms with Crippen LogP contribution < -0.4 is 15.4 Å². The number of ether oxygens (including phenoxy) is 1. The maximum absolute atomic E-state index is 11.7. The number of benzene rings is 2. The standard InChI is InChI=1S/C18H22N2O3/c1-14(13-21)19-18(22)20-16-8-5-9-17(12-16)23-11-10-15-6-3-2-4-7-15/h2-9,12,14,21H,10-11,13H2,1H3,(H2,19,20,22)/t14-/m0/s1. The first-order valence-corrected chi connectivity index (χ1v) is 7.62. The van der Waals surface area contributed by atoms with Crippen molar-refractivity contribution in [3.8, 4) is 5.75 Å². The molecule has 3 N–H and O–H groups in total. The van der Waals surface area contributed by atoms with Crippen LogP contribution >= 0.6 is 0 Å². The summed E-state index contributed by atoms with van der Waals surface area (Å²) in [4.78, 5) is 11.7. The minimum Gasteiger partial charge on any atom is -0.493 e. The second-order valence-corrected chi connectivity index (χ2v) is 5.29. The number of hydrogen-bond acceptors (Lipinski definition) is 3. The molecular formula is C18H22N2O3. The highest BCUT2D eigenvalue weighted by atomic mass is 16.5. The fraction of sp³-hybridized carbons (Fsp3) is 0.278. The fourth-order valence-corrected chi connectivity index (χ4v) is 2.03. The van der Waals surface area contributed by atoms with Gasteiger partial charge in [-0.15, -0.1) is 0 Å². The van der Waals surface area contributed by atoms with E-state index in [1.165, 1.54) is 5.56 Å². The number of anilines is 1. The van der Waals surface area contributed by atoms with Gasteiger partial charge in [0.25, 0.3) is 0 Å². The van der Waals surface area contributed by atoms with Crippen LogP contribution in [0.4, 0.5) is 10.5 Å². The van der Waals surface area contributed by atoms with Crippen molar-refractivity contribution in [2.75, 3.05) is 18.5 Å². The molecule has 0 radical (unpaired) electrons. The van der Waals surface area contributed by atoms with Gasteiger partial charge >= 0.3 is 6.03 Å². The molecule has 0 unspecified atom stereocenters. The molecule has 0 aliphatic rings. The highest BCUT2D eigenvalue weighted by Crippen LogP contribution is 2.17. The Morgan fingerprint density at radius 3 is 2.70 bits per heavy atom. The third kappa shape index (κ3) is 6.00. The first-order chi connectivity index (χ1) is 11.2. The average molecular weight is 314 g/mol. The molecule has 1 atom stereocenters. The van der Waals surface area contributed by atoms with Crippen LogP contribution in [0.25, 0.3) is 0 Å². The van der Waals surface area contributed by atoms with Crippen LogP contribution in [0, 0.1) is 0 Å². The van der Waals surface area contributed by atoms with Crippen LogP contribution in [0.1, 0.15) is 12.5 Å². The van der Waals surface area contributed by atoms with Gasteiger partial charge in [0.1, 0.15) is 5.75 Å².